The van der Waals surface area contributed by atoms with Crippen LogP contribution in [-0.2, 0) is 9.59 Å². The number of carbonyl (C=O) groups excluding carboxylic acids is 2. The van der Waals surface area contributed by atoms with E-state index in [-0.39, 0.29) is 10.7 Å². The summed E-state index contributed by atoms with van der Waals surface area (Å²) in [6, 6.07) is 35.3. The summed E-state index contributed by atoms with van der Waals surface area (Å²) in [5.74, 6) is -1.01. The van der Waals surface area contributed by atoms with Crippen molar-refractivity contribution in [2.45, 2.75) is 13.8 Å². The van der Waals surface area contributed by atoms with Gasteiger partial charge >= 0.3 is 0 Å². The monoisotopic (exact) mass is 587 g/mol. The van der Waals surface area contributed by atoms with E-state index in [9.17, 15) is 9.59 Å². The zero-order valence-corrected chi connectivity index (χ0v) is 24.5. The second-order valence-electron chi connectivity index (χ2n) is 10.1. The van der Waals surface area contributed by atoms with Gasteiger partial charge in [0.1, 0.15) is 5.57 Å². The van der Waals surface area contributed by atoms with Crippen molar-refractivity contribution in [1.82, 2.24) is 9.88 Å². The number of amides is 2. The molecule has 0 spiro atoms. The summed E-state index contributed by atoms with van der Waals surface area (Å²) in [5, 5.41) is 3.41. The second-order valence-corrected chi connectivity index (χ2v) is 10.9. The molecule has 206 valence electrons. The Morgan fingerprint density at radius 1 is 0.786 bits per heavy atom. The van der Waals surface area contributed by atoms with E-state index in [1.54, 1.807) is 6.08 Å². The van der Waals surface area contributed by atoms with Crippen LogP contribution < -0.4 is 10.2 Å². The number of rotatable bonds is 5. The average molecular weight is 588 g/mol. The highest BCUT2D eigenvalue weighted by Gasteiger charge is 2.35. The molecule has 6 rings (SSSR count). The predicted molar refractivity (Wildman–Crippen MR) is 174 cm³/mol. The van der Waals surface area contributed by atoms with E-state index >= 15 is 0 Å². The molecule has 5 aromatic rings. The van der Waals surface area contributed by atoms with Gasteiger partial charge in [-0.15, -0.1) is 0 Å². The number of hydrogen-bond acceptors (Lipinski definition) is 3. The summed E-state index contributed by atoms with van der Waals surface area (Å²) in [6.07, 6.45) is 1.66. The van der Waals surface area contributed by atoms with E-state index in [1.165, 1.54) is 4.90 Å². The number of anilines is 1. The SMILES string of the molecule is Cc1ccc(N2C(=O)/C(=C\c3cc(-c4ccccc4)n(-c4ccc(Cl)cc4)c3-c3ccccc3)C(=O)NC2=S)c(C)c1. The Morgan fingerprint density at radius 3 is 2.07 bits per heavy atom. The van der Waals surface area contributed by atoms with Crippen molar-refractivity contribution in [3.63, 3.8) is 0 Å². The van der Waals surface area contributed by atoms with Gasteiger partial charge in [0.05, 0.1) is 17.1 Å². The first kappa shape index (κ1) is 27.4. The zero-order valence-electron chi connectivity index (χ0n) is 23.0. The van der Waals surface area contributed by atoms with E-state index in [4.69, 9.17) is 23.8 Å². The van der Waals surface area contributed by atoms with Crippen LogP contribution in [0.15, 0.2) is 115 Å². The lowest BCUT2D eigenvalue weighted by atomic mass is 10.0. The highest BCUT2D eigenvalue weighted by Crippen LogP contribution is 2.38. The summed E-state index contributed by atoms with van der Waals surface area (Å²) in [6.45, 7) is 3.91. The highest BCUT2D eigenvalue weighted by molar-refractivity contribution is 7.80. The number of hydrogen-bond donors (Lipinski definition) is 1. The lowest BCUT2D eigenvalue weighted by Crippen LogP contribution is -2.54. The maximum absolute atomic E-state index is 14.0. The smallest absolute Gasteiger partial charge is 0.270 e. The quantitative estimate of drug-likeness (QED) is 0.129. The normalized spacial score (nSPS) is 14.4. The highest BCUT2D eigenvalue weighted by atomic mass is 35.5. The van der Waals surface area contributed by atoms with E-state index in [2.05, 4.69) is 9.88 Å². The predicted octanol–water partition coefficient (Wildman–Crippen LogP) is 7.91. The van der Waals surface area contributed by atoms with Gasteiger partial charge in [-0.1, -0.05) is 90.0 Å². The van der Waals surface area contributed by atoms with E-state index in [0.29, 0.717) is 16.3 Å². The topological polar surface area (TPSA) is 54.3 Å². The van der Waals surface area contributed by atoms with Gasteiger partial charge in [0.15, 0.2) is 5.11 Å². The first-order valence-corrected chi connectivity index (χ1v) is 14.2. The minimum atomic E-state index is -0.537. The number of halogens is 1. The Morgan fingerprint density at radius 2 is 1.43 bits per heavy atom. The average Bonchev–Trinajstić information content (AvgIpc) is 3.37. The summed E-state index contributed by atoms with van der Waals surface area (Å²) in [4.78, 5) is 28.7. The van der Waals surface area contributed by atoms with Crippen molar-refractivity contribution in [2.24, 2.45) is 0 Å². The van der Waals surface area contributed by atoms with Crippen molar-refractivity contribution in [3.05, 3.63) is 136 Å². The largest absolute Gasteiger partial charge is 0.309 e. The molecule has 0 bridgehead atoms. The summed E-state index contributed by atoms with van der Waals surface area (Å²) in [7, 11) is 0. The van der Waals surface area contributed by atoms with Crippen molar-refractivity contribution < 1.29 is 9.59 Å². The van der Waals surface area contributed by atoms with E-state index in [1.807, 2.05) is 123 Å². The molecule has 2 amide bonds. The van der Waals surface area contributed by atoms with Crippen LogP contribution in [-0.4, -0.2) is 21.5 Å². The molecule has 2 heterocycles. The van der Waals surface area contributed by atoms with Crippen molar-refractivity contribution in [3.8, 4) is 28.2 Å². The summed E-state index contributed by atoms with van der Waals surface area (Å²) in [5.41, 5.74) is 7.80. The van der Waals surface area contributed by atoms with E-state index < -0.39 is 11.8 Å². The van der Waals surface area contributed by atoms with Gasteiger partial charge in [-0.2, -0.15) is 0 Å². The van der Waals surface area contributed by atoms with Crippen LogP contribution in [0.1, 0.15) is 16.7 Å². The fourth-order valence-corrected chi connectivity index (χ4v) is 5.70. The molecule has 0 aliphatic carbocycles. The first-order chi connectivity index (χ1) is 20.3. The number of nitrogens with zero attached hydrogens (tertiary/aromatic N) is 2. The van der Waals surface area contributed by atoms with Gasteiger partial charge in [-0.05, 0) is 85.2 Å². The van der Waals surface area contributed by atoms with Crippen molar-refractivity contribution in [1.29, 1.82) is 0 Å². The third-order valence-electron chi connectivity index (χ3n) is 7.23. The van der Waals surface area contributed by atoms with Crippen LogP contribution in [0.25, 0.3) is 34.3 Å². The van der Waals surface area contributed by atoms with E-state index in [0.717, 1.165) is 39.3 Å². The molecule has 1 fully saturated rings. The van der Waals surface area contributed by atoms with Gasteiger partial charge in [0, 0.05) is 16.3 Å². The van der Waals surface area contributed by atoms with Gasteiger partial charge < -0.3 is 4.57 Å². The third-order valence-corrected chi connectivity index (χ3v) is 7.76. The fourth-order valence-electron chi connectivity index (χ4n) is 5.30. The number of nitrogens with one attached hydrogen (secondary N) is 1. The molecule has 1 aliphatic heterocycles. The number of thiocarbonyl (C=S) groups is 1. The van der Waals surface area contributed by atoms with Gasteiger partial charge in [0.2, 0.25) is 0 Å². The molecule has 1 aromatic heterocycles. The Balaban J connectivity index is 1.60. The second kappa shape index (κ2) is 11.2. The number of aromatic nitrogens is 1. The number of benzene rings is 4. The summed E-state index contributed by atoms with van der Waals surface area (Å²) < 4.78 is 2.13. The molecule has 5 nitrogen and oxygen atoms in total. The Kier molecular flexibility index (Phi) is 7.33. The van der Waals surface area contributed by atoms with Crippen LogP contribution in [0.5, 0.6) is 0 Å². The van der Waals surface area contributed by atoms with Crippen LogP contribution in [0.2, 0.25) is 5.02 Å². The van der Waals surface area contributed by atoms with Gasteiger partial charge in [-0.3, -0.25) is 19.8 Å². The lowest BCUT2D eigenvalue weighted by molar-refractivity contribution is -0.122. The van der Waals surface area contributed by atoms with Crippen LogP contribution in [0.4, 0.5) is 5.69 Å². The maximum Gasteiger partial charge on any atom is 0.270 e. The number of carbonyl (C=O) groups is 2. The Labute approximate surface area is 254 Å². The molecule has 0 atom stereocenters. The standard InChI is InChI=1S/C35H26ClN3O2S/c1-22-13-18-30(23(2)19-22)39-34(41)29(33(40)37-35(39)42)20-26-21-31(24-9-5-3-6-10-24)38(28-16-14-27(36)15-17-28)32(26)25-11-7-4-8-12-25/h3-21H,1-2H3,(H,37,40,42)/b29-20-. The molecular formula is C35H26ClN3O2S. The Bertz CT molecular complexity index is 1880. The van der Waals surface area contributed by atoms with Gasteiger partial charge in [-0.25, -0.2) is 0 Å². The number of aryl methyl sites for hydroxylation is 2. The first-order valence-electron chi connectivity index (χ1n) is 13.4. The minimum Gasteiger partial charge on any atom is -0.309 e. The van der Waals surface area contributed by atoms with Crippen LogP contribution in [0.3, 0.4) is 0 Å². The maximum atomic E-state index is 14.0. The summed E-state index contributed by atoms with van der Waals surface area (Å²) >= 11 is 11.7. The molecule has 0 radical (unpaired) electrons. The molecule has 0 saturated carbocycles. The lowest BCUT2D eigenvalue weighted by Gasteiger charge is -2.30. The molecule has 1 N–H and O–H groups in total. The molecule has 7 heteroatoms. The fraction of sp³-hybridized carbons (Fsp3) is 0.0571. The molecule has 1 saturated heterocycles. The van der Waals surface area contributed by atoms with Crippen LogP contribution in [0, 0.1) is 13.8 Å². The van der Waals surface area contributed by atoms with Crippen molar-refractivity contribution >= 4 is 52.5 Å². The molecule has 0 unspecified atom stereocenters. The molecule has 42 heavy (non-hydrogen) atoms. The Hall–Kier alpha value is -4.78. The molecular weight excluding hydrogens is 562 g/mol. The minimum absolute atomic E-state index is 0.00590. The zero-order chi connectivity index (χ0) is 29.4. The van der Waals surface area contributed by atoms with Crippen molar-refractivity contribution in [2.75, 3.05) is 4.90 Å². The molecule has 4 aromatic carbocycles. The van der Waals surface area contributed by atoms with Gasteiger partial charge in [0.25, 0.3) is 11.8 Å². The third kappa shape index (κ3) is 5.07. The molecule has 1 aliphatic rings. The van der Waals surface area contributed by atoms with Crippen LogP contribution >= 0.6 is 23.8 Å².